The average Bonchev–Trinajstić information content (AvgIpc) is 2.94. The minimum atomic E-state index is -4.89. The second-order valence-electron chi connectivity index (χ2n) is 7.96. The number of hydrogen-bond donors (Lipinski definition) is 1. The molecular weight excluding hydrogens is 404 g/mol. The molecule has 2 aromatic carbocycles. The number of carboxylic acid groups (broad SMARTS) is 1. The maximum Gasteiger partial charge on any atom is 0.419 e. The van der Waals surface area contributed by atoms with Gasteiger partial charge in [0, 0.05) is 17.5 Å². The summed E-state index contributed by atoms with van der Waals surface area (Å²) in [5.41, 5.74) is -1.84. The van der Waals surface area contributed by atoms with Crippen molar-refractivity contribution in [2.75, 3.05) is 0 Å². The number of carboxylic acids is 1. The Morgan fingerprint density at radius 1 is 1.33 bits per heavy atom. The molecule has 0 bridgehead atoms. The van der Waals surface area contributed by atoms with E-state index in [0.29, 0.717) is 12.0 Å². The van der Waals surface area contributed by atoms with E-state index in [2.05, 4.69) is 0 Å². The summed E-state index contributed by atoms with van der Waals surface area (Å²) in [5.74, 6) is -3.59. The zero-order chi connectivity index (χ0) is 24.1. The van der Waals surface area contributed by atoms with Crippen LogP contribution in [-0.4, -0.2) is 16.7 Å². The molecule has 162 valence electrons. The van der Waals surface area contributed by atoms with Gasteiger partial charge in [-0.2, -0.15) is 13.2 Å². The molecule has 4 nitrogen and oxygen atoms in total. The van der Waals surface area contributed by atoms with Gasteiger partial charge in [0.25, 0.3) is 0 Å². The van der Waals surface area contributed by atoms with Crippen molar-refractivity contribution in [3.63, 3.8) is 0 Å². The van der Waals surface area contributed by atoms with Crippen LogP contribution in [-0.2, 0) is 30.4 Å². The van der Waals surface area contributed by atoms with E-state index in [9.17, 15) is 22.4 Å². The van der Waals surface area contributed by atoms with E-state index in [1.165, 1.54) is 19.1 Å². The number of benzene rings is 2. The van der Waals surface area contributed by atoms with E-state index in [1.54, 1.807) is 13.8 Å². The Kier molecular flexibility index (Phi) is 5.00. The molecule has 0 aliphatic carbocycles. The van der Waals surface area contributed by atoms with E-state index in [-0.39, 0.29) is 23.3 Å². The zero-order valence-corrected chi connectivity index (χ0v) is 16.6. The van der Waals surface area contributed by atoms with Gasteiger partial charge in [0.05, 0.1) is 14.2 Å². The molecule has 0 radical (unpaired) electrons. The highest BCUT2D eigenvalue weighted by Gasteiger charge is 2.36. The number of hydrogen-bond acceptors (Lipinski definition) is 3. The molecule has 0 spiro atoms. The van der Waals surface area contributed by atoms with Gasteiger partial charge in [-0.15, -0.1) is 0 Å². The number of alkyl halides is 3. The van der Waals surface area contributed by atoms with Gasteiger partial charge >= 0.3 is 12.1 Å². The number of rotatable bonds is 6. The molecule has 1 aliphatic heterocycles. The molecule has 0 aromatic heterocycles. The zero-order valence-electron chi connectivity index (χ0n) is 18.6. The minimum absolute atomic E-state index is 0.0434. The van der Waals surface area contributed by atoms with Crippen molar-refractivity contribution >= 4 is 5.97 Å². The number of carbonyl (C=O) groups is 1. The predicted octanol–water partition coefficient (Wildman–Crippen LogP) is 5.40. The lowest BCUT2D eigenvalue weighted by atomic mass is 9.99. The largest absolute Gasteiger partial charge is 0.488 e. The number of fused-ring (bicyclic) bond motifs is 1. The molecule has 30 heavy (non-hydrogen) atoms. The van der Waals surface area contributed by atoms with Crippen molar-refractivity contribution in [2.45, 2.75) is 51.9 Å². The minimum Gasteiger partial charge on any atom is -0.488 e. The summed E-state index contributed by atoms with van der Waals surface area (Å²) in [6.07, 6.45) is -4.74. The molecule has 1 unspecified atom stereocenters. The Morgan fingerprint density at radius 3 is 2.67 bits per heavy atom. The lowest BCUT2D eigenvalue weighted by Crippen LogP contribution is -2.25. The van der Waals surface area contributed by atoms with E-state index in [4.69, 9.17) is 17.3 Å². The van der Waals surface area contributed by atoms with Crippen LogP contribution in [0.2, 0.25) is 0 Å². The Labute approximate surface area is 174 Å². The molecule has 0 fully saturated rings. The Morgan fingerprint density at radius 2 is 2.03 bits per heavy atom. The normalized spacial score (nSPS) is 17.4. The second kappa shape index (κ2) is 7.81. The van der Waals surface area contributed by atoms with Crippen molar-refractivity contribution in [3.8, 4) is 11.5 Å². The highest BCUT2D eigenvalue weighted by molar-refractivity contribution is 5.70. The predicted molar refractivity (Wildman–Crippen MR) is 101 cm³/mol. The van der Waals surface area contributed by atoms with Crippen LogP contribution in [0, 0.1) is 11.7 Å². The fourth-order valence-electron chi connectivity index (χ4n) is 3.31. The van der Waals surface area contributed by atoms with Crippen molar-refractivity contribution in [3.05, 3.63) is 58.4 Å². The first-order valence-corrected chi connectivity index (χ1v) is 9.23. The molecule has 1 N–H and O–H groups in total. The third kappa shape index (κ3) is 4.86. The van der Waals surface area contributed by atoms with Crippen LogP contribution in [0.3, 0.4) is 0 Å². The van der Waals surface area contributed by atoms with E-state index in [1.807, 2.05) is 0 Å². The molecule has 0 saturated carbocycles. The molecule has 3 rings (SSSR count). The van der Waals surface area contributed by atoms with Crippen molar-refractivity contribution in [1.82, 2.24) is 0 Å². The lowest BCUT2D eigenvalue weighted by molar-refractivity contribution is -0.141. The Bertz CT molecular complexity index is 1050. The van der Waals surface area contributed by atoms with Gasteiger partial charge in [0.1, 0.15) is 29.5 Å². The van der Waals surface area contributed by atoms with Crippen LogP contribution in [0.1, 0.15) is 45.8 Å². The molecule has 1 heterocycles. The molecule has 2 aromatic rings. The van der Waals surface area contributed by atoms with Crippen molar-refractivity contribution in [2.24, 2.45) is 5.92 Å². The molecule has 0 amide bonds. The third-order valence-corrected chi connectivity index (χ3v) is 4.71. The average molecular weight is 428 g/mol. The topological polar surface area (TPSA) is 55.8 Å². The van der Waals surface area contributed by atoms with Crippen molar-refractivity contribution < 1.29 is 39.7 Å². The summed E-state index contributed by atoms with van der Waals surface area (Å²) in [6, 6.07) is 4.96. The first kappa shape index (κ1) is 19.2. The first-order valence-electron chi connectivity index (χ1n) is 10.2. The smallest absolute Gasteiger partial charge is 0.419 e. The standard InChI is InChI=1S/C22H22F4O4/c1-12(20(27)28)6-13-4-5-18(17(7-13)22(24,25)26)29-11-15-9-16(23)8-14-10-21(2,3)30-19(14)15/h4-5,7-9,12H,6,10-11H2,1-3H3,(H,27,28)/i11D2. The Hall–Kier alpha value is -2.77. The van der Waals surface area contributed by atoms with Crippen LogP contribution < -0.4 is 9.47 Å². The number of ether oxygens (including phenoxy) is 2. The molecular formula is C22H22F4O4. The highest BCUT2D eigenvalue weighted by Crippen LogP contribution is 2.40. The van der Waals surface area contributed by atoms with E-state index in [0.717, 1.165) is 18.2 Å². The summed E-state index contributed by atoms with van der Waals surface area (Å²) in [7, 11) is 0. The molecule has 8 heteroatoms. The SMILES string of the molecule is [2H]C([2H])(Oc1ccc(CC(C)C(=O)O)cc1C(F)(F)F)c1cc(F)cc2c1OC(C)(C)C2. The van der Waals surface area contributed by atoms with Gasteiger partial charge in [0.2, 0.25) is 0 Å². The second-order valence-corrected chi connectivity index (χ2v) is 7.96. The fourth-order valence-corrected chi connectivity index (χ4v) is 3.31. The summed E-state index contributed by atoms with van der Waals surface area (Å²) in [6.45, 7) is 1.97. The Balaban J connectivity index is 2.01. The molecule has 1 atom stereocenters. The van der Waals surface area contributed by atoms with Crippen LogP contribution in [0.4, 0.5) is 17.6 Å². The van der Waals surface area contributed by atoms with Crippen LogP contribution >= 0.6 is 0 Å². The molecule has 0 saturated heterocycles. The van der Waals surface area contributed by atoms with Gasteiger partial charge in [0.15, 0.2) is 0 Å². The number of halogens is 4. The van der Waals surface area contributed by atoms with Crippen LogP contribution in [0.5, 0.6) is 11.5 Å². The third-order valence-electron chi connectivity index (χ3n) is 4.71. The van der Waals surface area contributed by atoms with Gasteiger partial charge < -0.3 is 14.6 Å². The summed E-state index contributed by atoms with van der Waals surface area (Å²) >= 11 is 0. The van der Waals surface area contributed by atoms with E-state index >= 15 is 0 Å². The molecule has 1 aliphatic rings. The number of aliphatic carboxylic acids is 1. The highest BCUT2D eigenvalue weighted by atomic mass is 19.4. The summed E-state index contributed by atoms with van der Waals surface area (Å²) in [5, 5.41) is 9.00. The van der Waals surface area contributed by atoms with Crippen LogP contribution in [0.15, 0.2) is 30.3 Å². The first-order chi connectivity index (χ1) is 14.6. The lowest BCUT2D eigenvalue weighted by Gasteiger charge is -2.19. The van der Waals surface area contributed by atoms with Gasteiger partial charge in [-0.1, -0.05) is 13.0 Å². The van der Waals surface area contributed by atoms with E-state index < -0.39 is 47.4 Å². The summed E-state index contributed by atoms with van der Waals surface area (Å²) in [4.78, 5) is 11.0. The quantitative estimate of drug-likeness (QED) is 0.626. The fraction of sp³-hybridized carbons (Fsp3) is 0.409. The van der Waals surface area contributed by atoms with Gasteiger partial charge in [-0.05, 0) is 50.1 Å². The maximum absolute atomic E-state index is 14.1. The van der Waals surface area contributed by atoms with Crippen molar-refractivity contribution in [1.29, 1.82) is 0 Å². The maximum atomic E-state index is 14.1. The van der Waals surface area contributed by atoms with Crippen LogP contribution in [0.25, 0.3) is 0 Å². The van der Waals surface area contributed by atoms with Gasteiger partial charge in [-0.25, -0.2) is 4.39 Å². The van der Waals surface area contributed by atoms with Gasteiger partial charge in [-0.3, -0.25) is 4.79 Å². The summed E-state index contributed by atoms with van der Waals surface area (Å²) < 4.78 is 82.6. The monoisotopic (exact) mass is 428 g/mol.